The van der Waals surface area contributed by atoms with Crippen molar-refractivity contribution in [1.82, 2.24) is 0 Å². The molecule has 20 heavy (non-hydrogen) atoms. The summed E-state index contributed by atoms with van der Waals surface area (Å²) in [5.74, 6) is 0. The van der Waals surface area contributed by atoms with Gasteiger partial charge in [-0.25, -0.2) is 0 Å². The number of aldehydes is 1. The van der Waals surface area contributed by atoms with E-state index < -0.39 is 0 Å². The number of carbonyl (C=O) groups excluding carboxylic acids is 1. The predicted molar refractivity (Wildman–Crippen MR) is 80.0 cm³/mol. The summed E-state index contributed by atoms with van der Waals surface area (Å²) >= 11 is 0. The fraction of sp³-hybridized carbons (Fsp3) is 0. The van der Waals surface area contributed by atoms with Gasteiger partial charge in [0.05, 0.1) is 11.4 Å². The fourth-order valence-corrected chi connectivity index (χ4v) is 2.10. The smallest absolute Gasteiger partial charge is 0.150 e. The molecule has 3 aromatic rings. The lowest BCUT2D eigenvalue weighted by atomic mass is 10.0. The van der Waals surface area contributed by atoms with E-state index in [0.29, 0.717) is 5.56 Å². The second kappa shape index (κ2) is 5.45. The zero-order valence-corrected chi connectivity index (χ0v) is 10.7. The first-order valence-electron chi connectivity index (χ1n) is 6.32. The predicted octanol–water partition coefficient (Wildman–Crippen LogP) is 5.07. The Bertz CT molecular complexity index is 779. The summed E-state index contributed by atoms with van der Waals surface area (Å²) in [5, 5.41) is 10.3. The Hall–Kier alpha value is -2.81. The molecule has 0 amide bonds. The molecule has 0 radical (unpaired) electrons. The summed E-state index contributed by atoms with van der Waals surface area (Å²) in [6, 6.07) is 20.9. The Labute approximate surface area is 116 Å². The summed E-state index contributed by atoms with van der Waals surface area (Å²) in [7, 11) is 0. The van der Waals surface area contributed by atoms with Gasteiger partial charge in [-0.15, -0.1) is 5.11 Å². The van der Waals surface area contributed by atoms with Crippen LogP contribution in [0.3, 0.4) is 0 Å². The number of azo groups is 1. The molecule has 0 spiro atoms. The van der Waals surface area contributed by atoms with Crippen molar-refractivity contribution in [3.05, 3.63) is 72.3 Å². The molecule has 0 aromatic heterocycles. The van der Waals surface area contributed by atoms with E-state index in [9.17, 15) is 4.79 Å². The molecule has 3 rings (SSSR count). The second-order valence-corrected chi connectivity index (χ2v) is 4.37. The normalized spacial score (nSPS) is 11.0. The summed E-state index contributed by atoms with van der Waals surface area (Å²) in [4.78, 5) is 11.1. The van der Waals surface area contributed by atoms with Crippen LogP contribution in [0.2, 0.25) is 0 Å². The van der Waals surface area contributed by atoms with Gasteiger partial charge in [0, 0.05) is 10.9 Å². The lowest BCUT2D eigenvalue weighted by molar-refractivity contribution is 0.112. The van der Waals surface area contributed by atoms with Gasteiger partial charge in [0.15, 0.2) is 6.29 Å². The van der Waals surface area contributed by atoms with E-state index in [2.05, 4.69) is 10.2 Å². The monoisotopic (exact) mass is 260 g/mol. The maximum Gasteiger partial charge on any atom is 0.150 e. The summed E-state index contributed by atoms with van der Waals surface area (Å²) in [5.41, 5.74) is 2.23. The maximum absolute atomic E-state index is 11.1. The number of hydrogen-bond acceptors (Lipinski definition) is 3. The quantitative estimate of drug-likeness (QED) is 0.479. The van der Waals surface area contributed by atoms with Crippen LogP contribution in [0.1, 0.15) is 10.4 Å². The van der Waals surface area contributed by atoms with Crippen LogP contribution in [0.15, 0.2) is 77.0 Å². The van der Waals surface area contributed by atoms with E-state index in [1.807, 2.05) is 60.7 Å². The highest BCUT2D eigenvalue weighted by molar-refractivity contribution is 6.03. The number of carbonyl (C=O) groups is 1. The summed E-state index contributed by atoms with van der Waals surface area (Å²) in [6.45, 7) is 0. The minimum absolute atomic E-state index is 0.666. The molecule has 0 heterocycles. The molecule has 0 atom stereocenters. The van der Waals surface area contributed by atoms with Crippen molar-refractivity contribution >= 4 is 28.4 Å². The van der Waals surface area contributed by atoms with E-state index in [1.54, 1.807) is 6.07 Å². The molecule has 0 aliphatic carbocycles. The minimum atomic E-state index is 0.666. The van der Waals surface area contributed by atoms with Crippen LogP contribution in [0.4, 0.5) is 11.4 Å². The first kappa shape index (κ1) is 12.2. The summed E-state index contributed by atoms with van der Waals surface area (Å²) < 4.78 is 0. The summed E-state index contributed by atoms with van der Waals surface area (Å²) in [6.07, 6.45) is 0.862. The number of nitrogens with zero attached hydrogens (tertiary/aromatic N) is 2. The fourth-order valence-electron chi connectivity index (χ4n) is 2.10. The van der Waals surface area contributed by atoms with Gasteiger partial charge in [0.2, 0.25) is 0 Å². The van der Waals surface area contributed by atoms with Crippen LogP contribution in [-0.4, -0.2) is 6.29 Å². The molecule has 0 aliphatic heterocycles. The standard InChI is InChI=1S/C17H12N2O/c20-12-13-10-11-17(16-9-5-4-8-15(13)16)19-18-14-6-2-1-3-7-14/h1-12H. The zero-order chi connectivity index (χ0) is 13.8. The van der Waals surface area contributed by atoms with Gasteiger partial charge >= 0.3 is 0 Å². The Morgan fingerprint density at radius 2 is 1.40 bits per heavy atom. The average molecular weight is 260 g/mol. The highest BCUT2D eigenvalue weighted by atomic mass is 16.1. The molecular weight excluding hydrogens is 248 g/mol. The lowest BCUT2D eigenvalue weighted by Gasteiger charge is -2.03. The van der Waals surface area contributed by atoms with Crippen molar-refractivity contribution in [2.45, 2.75) is 0 Å². The Morgan fingerprint density at radius 1 is 0.700 bits per heavy atom. The largest absolute Gasteiger partial charge is 0.298 e. The molecule has 3 nitrogen and oxygen atoms in total. The van der Waals surface area contributed by atoms with Crippen molar-refractivity contribution in [2.75, 3.05) is 0 Å². The molecular formula is C17H12N2O. The van der Waals surface area contributed by atoms with Crippen LogP contribution in [0.5, 0.6) is 0 Å². The van der Waals surface area contributed by atoms with Crippen molar-refractivity contribution in [1.29, 1.82) is 0 Å². The molecule has 3 aromatic carbocycles. The van der Waals surface area contributed by atoms with Crippen LogP contribution in [-0.2, 0) is 0 Å². The third kappa shape index (κ3) is 2.34. The van der Waals surface area contributed by atoms with Gasteiger partial charge in [0.1, 0.15) is 0 Å². The Balaban J connectivity index is 2.09. The van der Waals surface area contributed by atoms with Gasteiger partial charge in [-0.2, -0.15) is 5.11 Å². The maximum atomic E-state index is 11.1. The van der Waals surface area contributed by atoms with E-state index in [0.717, 1.165) is 28.4 Å². The van der Waals surface area contributed by atoms with Gasteiger partial charge in [-0.05, 0) is 29.7 Å². The van der Waals surface area contributed by atoms with Crippen LogP contribution in [0, 0.1) is 0 Å². The molecule has 0 N–H and O–H groups in total. The van der Waals surface area contributed by atoms with Gasteiger partial charge < -0.3 is 0 Å². The highest BCUT2D eigenvalue weighted by Gasteiger charge is 2.04. The first-order chi connectivity index (χ1) is 9.88. The van der Waals surface area contributed by atoms with Crippen molar-refractivity contribution in [2.24, 2.45) is 10.2 Å². The molecule has 96 valence electrons. The number of fused-ring (bicyclic) bond motifs is 1. The number of benzene rings is 3. The Morgan fingerprint density at radius 3 is 2.15 bits per heavy atom. The van der Waals surface area contributed by atoms with Crippen molar-refractivity contribution in [3.63, 3.8) is 0 Å². The third-order valence-corrected chi connectivity index (χ3v) is 3.09. The average Bonchev–Trinajstić information content (AvgIpc) is 2.53. The van der Waals surface area contributed by atoms with E-state index in [4.69, 9.17) is 0 Å². The van der Waals surface area contributed by atoms with E-state index in [-0.39, 0.29) is 0 Å². The van der Waals surface area contributed by atoms with Crippen LogP contribution < -0.4 is 0 Å². The molecule has 0 unspecified atom stereocenters. The van der Waals surface area contributed by atoms with Gasteiger partial charge in [-0.1, -0.05) is 42.5 Å². The van der Waals surface area contributed by atoms with E-state index in [1.165, 1.54) is 0 Å². The first-order valence-corrected chi connectivity index (χ1v) is 6.32. The van der Waals surface area contributed by atoms with Crippen LogP contribution >= 0.6 is 0 Å². The molecule has 0 saturated heterocycles. The van der Waals surface area contributed by atoms with Gasteiger partial charge in [0.25, 0.3) is 0 Å². The SMILES string of the molecule is O=Cc1ccc(N=Nc2ccccc2)c2ccccc12. The molecule has 3 heteroatoms. The molecule has 0 saturated carbocycles. The molecule has 0 fully saturated rings. The van der Waals surface area contributed by atoms with E-state index >= 15 is 0 Å². The number of hydrogen-bond donors (Lipinski definition) is 0. The topological polar surface area (TPSA) is 41.8 Å². The zero-order valence-electron chi connectivity index (χ0n) is 10.7. The third-order valence-electron chi connectivity index (χ3n) is 3.09. The molecule has 0 bridgehead atoms. The molecule has 0 aliphatic rings. The minimum Gasteiger partial charge on any atom is -0.298 e. The Kier molecular flexibility index (Phi) is 3.33. The van der Waals surface area contributed by atoms with Crippen molar-refractivity contribution in [3.8, 4) is 0 Å². The van der Waals surface area contributed by atoms with Crippen LogP contribution in [0.25, 0.3) is 10.8 Å². The highest BCUT2D eigenvalue weighted by Crippen LogP contribution is 2.29. The van der Waals surface area contributed by atoms with Gasteiger partial charge in [-0.3, -0.25) is 4.79 Å². The second-order valence-electron chi connectivity index (χ2n) is 4.37. The van der Waals surface area contributed by atoms with Crippen molar-refractivity contribution < 1.29 is 4.79 Å². The lowest BCUT2D eigenvalue weighted by Crippen LogP contribution is -1.83. The number of rotatable bonds is 3.